The van der Waals surface area contributed by atoms with Crippen LogP contribution >= 0.6 is 0 Å². The highest BCUT2D eigenvalue weighted by Gasteiger charge is 2.72. The van der Waals surface area contributed by atoms with Gasteiger partial charge >= 0.3 is 0 Å². The van der Waals surface area contributed by atoms with Crippen LogP contribution in [0.25, 0.3) is 0 Å². The van der Waals surface area contributed by atoms with Crippen molar-refractivity contribution in [1.82, 2.24) is 4.31 Å². The lowest BCUT2D eigenvalue weighted by Crippen LogP contribution is -2.50. The number of carbonyl (C=O) groups excluding carboxylic acids is 1. The molecular weight excluding hydrogens is 362 g/mol. The highest BCUT2D eigenvalue weighted by Crippen LogP contribution is 2.69. The number of fused-ring (bicyclic) bond motifs is 1. The molecule has 0 aromatic heterocycles. The highest BCUT2D eigenvalue weighted by molar-refractivity contribution is 7.90. The average molecular weight is 388 g/mol. The minimum absolute atomic E-state index is 0.0590. The van der Waals surface area contributed by atoms with E-state index in [1.807, 2.05) is 6.07 Å². The third-order valence-electron chi connectivity index (χ3n) is 7.48. The van der Waals surface area contributed by atoms with E-state index in [1.165, 1.54) is 0 Å². The molecule has 1 aromatic rings. The van der Waals surface area contributed by atoms with E-state index in [4.69, 9.17) is 11.0 Å². The van der Waals surface area contributed by atoms with Crippen molar-refractivity contribution in [2.75, 3.05) is 5.75 Å². The van der Waals surface area contributed by atoms with Crippen molar-refractivity contribution < 1.29 is 13.2 Å². The van der Waals surface area contributed by atoms with Crippen molar-refractivity contribution in [2.45, 2.75) is 51.6 Å². The van der Waals surface area contributed by atoms with Crippen LogP contribution in [0.5, 0.6) is 0 Å². The topological polar surface area (TPSA) is 104 Å². The molecule has 2 unspecified atom stereocenters. The molecule has 3 fully saturated rings. The van der Waals surface area contributed by atoms with E-state index in [9.17, 15) is 13.2 Å². The molecule has 4 atom stereocenters. The standard InChI is InChI=1S/C20H25N3O3S/c1-19(2)15-7-8-20(19)12-27(25,26)23(17(20)10-15)18(24)16(22)9-13-3-5-14(11-21)6-4-13/h3-6,15-17H,7-10,12,22H2,1-2H3/t15?,16-,17+,20?/m0/s1. The second-order valence-corrected chi connectivity index (χ2v) is 10.7. The molecule has 1 aliphatic heterocycles. The summed E-state index contributed by atoms with van der Waals surface area (Å²) in [5.74, 6) is 0.0244. The van der Waals surface area contributed by atoms with Crippen LogP contribution in [0.1, 0.15) is 44.2 Å². The Morgan fingerprint density at radius 2 is 2.04 bits per heavy atom. The molecular formula is C20H25N3O3S. The van der Waals surface area contributed by atoms with Gasteiger partial charge in [0.1, 0.15) is 0 Å². The summed E-state index contributed by atoms with van der Waals surface area (Å²) in [6.45, 7) is 4.32. The van der Waals surface area contributed by atoms with Gasteiger partial charge in [-0.25, -0.2) is 12.7 Å². The van der Waals surface area contributed by atoms with Crippen molar-refractivity contribution in [1.29, 1.82) is 5.26 Å². The van der Waals surface area contributed by atoms with Crippen LogP contribution in [-0.2, 0) is 21.2 Å². The number of nitrogens with zero attached hydrogens (tertiary/aromatic N) is 2. The number of hydrogen-bond acceptors (Lipinski definition) is 5. The van der Waals surface area contributed by atoms with Crippen molar-refractivity contribution >= 4 is 15.9 Å². The fourth-order valence-corrected chi connectivity index (χ4v) is 8.38. The molecule has 144 valence electrons. The minimum atomic E-state index is -3.65. The number of carbonyl (C=O) groups is 1. The van der Waals surface area contributed by atoms with Gasteiger partial charge in [0.2, 0.25) is 10.0 Å². The first-order valence-electron chi connectivity index (χ1n) is 9.43. The zero-order chi connectivity index (χ0) is 19.6. The van der Waals surface area contributed by atoms with Crippen LogP contribution in [0.4, 0.5) is 0 Å². The molecule has 1 heterocycles. The Labute approximate surface area is 160 Å². The zero-order valence-electron chi connectivity index (χ0n) is 15.7. The fraction of sp³-hybridized carbons (Fsp3) is 0.600. The molecule has 3 aliphatic rings. The van der Waals surface area contributed by atoms with Crippen molar-refractivity contribution in [3.8, 4) is 6.07 Å². The number of nitrogens with two attached hydrogens (primary N) is 1. The molecule has 1 spiro atoms. The van der Waals surface area contributed by atoms with Gasteiger partial charge in [0.15, 0.2) is 0 Å². The third-order valence-corrected chi connectivity index (χ3v) is 9.40. The normalized spacial score (nSPS) is 33.5. The SMILES string of the molecule is CC1(C)C2CCC13CS(=O)(=O)N(C(=O)[C@@H](N)Cc1ccc(C#N)cc1)[C@@H]3C2. The molecule has 1 aromatic carbocycles. The highest BCUT2D eigenvalue weighted by atomic mass is 32.2. The van der Waals surface area contributed by atoms with E-state index in [0.717, 1.165) is 29.1 Å². The smallest absolute Gasteiger partial charge is 0.253 e. The maximum absolute atomic E-state index is 13.1. The van der Waals surface area contributed by atoms with Crippen LogP contribution in [0.15, 0.2) is 24.3 Å². The molecule has 6 nitrogen and oxygen atoms in total. The van der Waals surface area contributed by atoms with Crippen LogP contribution < -0.4 is 5.73 Å². The lowest BCUT2D eigenvalue weighted by atomic mass is 9.69. The summed E-state index contributed by atoms with van der Waals surface area (Å²) < 4.78 is 27.0. The van der Waals surface area contributed by atoms with Gasteiger partial charge in [-0.1, -0.05) is 26.0 Å². The maximum Gasteiger partial charge on any atom is 0.253 e. The maximum atomic E-state index is 13.1. The number of hydrogen-bond donors (Lipinski definition) is 1. The molecule has 7 heteroatoms. The molecule has 2 N–H and O–H groups in total. The van der Waals surface area contributed by atoms with Gasteiger partial charge in [-0.15, -0.1) is 0 Å². The Kier molecular flexibility index (Phi) is 3.96. The van der Waals surface area contributed by atoms with E-state index in [0.29, 0.717) is 11.5 Å². The van der Waals surface area contributed by atoms with Crippen LogP contribution in [0, 0.1) is 28.1 Å². The molecule has 1 saturated heterocycles. The summed E-state index contributed by atoms with van der Waals surface area (Å²) >= 11 is 0. The van der Waals surface area contributed by atoms with Crippen molar-refractivity contribution in [2.24, 2.45) is 22.5 Å². The Bertz CT molecular complexity index is 932. The van der Waals surface area contributed by atoms with E-state index in [-0.39, 0.29) is 29.0 Å². The summed E-state index contributed by atoms with van der Waals surface area (Å²) in [5, 5.41) is 8.88. The molecule has 2 aliphatic carbocycles. The number of amides is 1. The Morgan fingerprint density at radius 3 is 2.63 bits per heavy atom. The first-order valence-corrected chi connectivity index (χ1v) is 11.0. The quantitative estimate of drug-likeness (QED) is 0.851. The van der Waals surface area contributed by atoms with Gasteiger partial charge in [0.25, 0.3) is 5.91 Å². The molecule has 1 amide bonds. The van der Waals surface area contributed by atoms with Gasteiger partial charge in [0, 0.05) is 5.41 Å². The Morgan fingerprint density at radius 1 is 1.37 bits per heavy atom. The Hall–Kier alpha value is -1.91. The molecule has 4 rings (SSSR count). The van der Waals surface area contributed by atoms with Gasteiger partial charge in [-0.05, 0) is 54.7 Å². The number of benzene rings is 1. The van der Waals surface area contributed by atoms with Crippen LogP contribution in [0.3, 0.4) is 0 Å². The van der Waals surface area contributed by atoms with Crippen LogP contribution in [-0.4, -0.2) is 36.5 Å². The number of rotatable bonds is 3. The zero-order valence-corrected chi connectivity index (χ0v) is 16.5. The van der Waals surface area contributed by atoms with Gasteiger partial charge in [0.05, 0.1) is 29.5 Å². The first-order chi connectivity index (χ1) is 12.6. The monoisotopic (exact) mass is 387 g/mol. The van der Waals surface area contributed by atoms with E-state index in [1.54, 1.807) is 24.3 Å². The second-order valence-electron chi connectivity index (χ2n) is 8.87. The minimum Gasteiger partial charge on any atom is -0.320 e. The predicted molar refractivity (Wildman–Crippen MR) is 101 cm³/mol. The van der Waals surface area contributed by atoms with Crippen LogP contribution in [0.2, 0.25) is 0 Å². The largest absolute Gasteiger partial charge is 0.320 e. The summed E-state index contributed by atoms with van der Waals surface area (Å²) in [4.78, 5) is 13.1. The summed E-state index contributed by atoms with van der Waals surface area (Å²) in [7, 11) is -3.65. The van der Waals surface area contributed by atoms with Gasteiger partial charge in [-0.3, -0.25) is 4.79 Å². The Balaban J connectivity index is 1.59. The van der Waals surface area contributed by atoms with Gasteiger partial charge < -0.3 is 5.73 Å². The molecule has 2 bridgehead atoms. The average Bonchev–Trinajstić information content (AvgIpc) is 3.09. The third kappa shape index (κ3) is 2.46. The number of nitriles is 1. The van der Waals surface area contributed by atoms with E-state index in [2.05, 4.69) is 13.8 Å². The number of sulfonamides is 1. The van der Waals surface area contributed by atoms with Crippen molar-refractivity contribution in [3.05, 3.63) is 35.4 Å². The van der Waals surface area contributed by atoms with E-state index >= 15 is 0 Å². The molecule has 27 heavy (non-hydrogen) atoms. The summed E-state index contributed by atoms with van der Waals surface area (Å²) in [6.07, 6.45) is 2.91. The second kappa shape index (κ2) is 5.79. The lowest BCUT2D eigenvalue weighted by Gasteiger charge is -2.37. The van der Waals surface area contributed by atoms with E-state index < -0.39 is 22.0 Å². The lowest BCUT2D eigenvalue weighted by molar-refractivity contribution is -0.130. The first kappa shape index (κ1) is 18.5. The fourth-order valence-electron chi connectivity index (χ4n) is 5.80. The summed E-state index contributed by atoms with van der Waals surface area (Å²) in [5.41, 5.74) is 7.09. The molecule has 0 radical (unpaired) electrons. The van der Waals surface area contributed by atoms with Gasteiger partial charge in [-0.2, -0.15) is 5.26 Å². The molecule has 2 saturated carbocycles. The predicted octanol–water partition coefficient (Wildman–Crippen LogP) is 1.79. The van der Waals surface area contributed by atoms with Crippen molar-refractivity contribution in [3.63, 3.8) is 0 Å². The summed E-state index contributed by atoms with van der Waals surface area (Å²) in [6, 6.07) is 7.74.